The van der Waals surface area contributed by atoms with Gasteiger partial charge < -0.3 is 9.47 Å². The molecule has 2 aromatic rings. The molecule has 0 heterocycles. The number of para-hydroxylation sites is 1. The summed E-state index contributed by atoms with van der Waals surface area (Å²) in [7, 11) is -0.499. The summed E-state index contributed by atoms with van der Waals surface area (Å²) >= 11 is 0. The maximum absolute atomic E-state index is 12.8. The Labute approximate surface area is 150 Å². The van der Waals surface area contributed by atoms with E-state index in [4.69, 9.17) is 9.47 Å². The molecule has 0 saturated carbocycles. The maximum atomic E-state index is 12.8. The predicted molar refractivity (Wildman–Crippen MR) is 98.8 cm³/mol. The third kappa shape index (κ3) is 4.32. The second kappa shape index (κ2) is 7.89. The highest BCUT2D eigenvalue weighted by Gasteiger charge is 2.21. The number of hydrogen-bond donors (Lipinski definition) is 1. The average molecular weight is 363 g/mol. The molecule has 0 aliphatic heterocycles. The lowest BCUT2D eigenvalue weighted by molar-refractivity contribution is 0.406. The first-order valence-corrected chi connectivity index (χ1v) is 9.58. The highest BCUT2D eigenvalue weighted by Crippen LogP contribution is 2.31. The molecule has 0 fully saturated rings. The van der Waals surface area contributed by atoms with Gasteiger partial charge in [-0.05, 0) is 42.2 Å². The molecule has 0 aliphatic carbocycles. The summed E-state index contributed by atoms with van der Waals surface area (Å²) in [6.07, 6.45) is 0. The Hall–Kier alpha value is -2.05. The molecular formula is C19H25NO4S. The quantitative estimate of drug-likeness (QED) is 0.816. The fraction of sp³-hybridized carbons (Fsp3) is 0.368. The van der Waals surface area contributed by atoms with Crippen LogP contribution in [0.3, 0.4) is 0 Å². The van der Waals surface area contributed by atoms with Crippen LogP contribution in [0.1, 0.15) is 36.5 Å². The average Bonchev–Trinajstić information content (AvgIpc) is 2.59. The first kappa shape index (κ1) is 19.3. The zero-order valence-electron chi connectivity index (χ0n) is 15.3. The monoisotopic (exact) mass is 363 g/mol. The van der Waals surface area contributed by atoms with Gasteiger partial charge in [0.2, 0.25) is 10.0 Å². The van der Waals surface area contributed by atoms with Gasteiger partial charge in [-0.1, -0.05) is 32.0 Å². The minimum Gasteiger partial charge on any atom is -0.496 e. The largest absolute Gasteiger partial charge is 0.496 e. The van der Waals surface area contributed by atoms with Crippen molar-refractivity contribution in [3.05, 3.63) is 53.1 Å². The minimum atomic E-state index is -3.66. The molecule has 25 heavy (non-hydrogen) atoms. The minimum absolute atomic E-state index is 0.152. The Morgan fingerprint density at radius 2 is 1.68 bits per heavy atom. The van der Waals surface area contributed by atoms with Crippen LogP contribution in [-0.2, 0) is 16.6 Å². The van der Waals surface area contributed by atoms with Gasteiger partial charge in [-0.3, -0.25) is 0 Å². The van der Waals surface area contributed by atoms with E-state index in [2.05, 4.69) is 4.72 Å². The summed E-state index contributed by atoms with van der Waals surface area (Å²) < 4.78 is 38.9. The Morgan fingerprint density at radius 1 is 1.04 bits per heavy atom. The summed E-state index contributed by atoms with van der Waals surface area (Å²) in [6, 6.07) is 10.8. The van der Waals surface area contributed by atoms with Crippen molar-refractivity contribution in [1.82, 2.24) is 4.72 Å². The number of hydrogen-bond acceptors (Lipinski definition) is 4. The van der Waals surface area contributed by atoms with E-state index in [1.165, 1.54) is 0 Å². The van der Waals surface area contributed by atoms with Crippen molar-refractivity contribution >= 4 is 10.0 Å². The SMILES string of the molecule is COc1ccccc1CNS(=O)(=O)c1cc(C(C)C)c(OC)cc1C. The topological polar surface area (TPSA) is 64.6 Å². The molecule has 0 aromatic heterocycles. The van der Waals surface area contributed by atoms with Gasteiger partial charge in [0.05, 0.1) is 19.1 Å². The zero-order valence-corrected chi connectivity index (χ0v) is 16.1. The lowest BCUT2D eigenvalue weighted by Crippen LogP contribution is -2.24. The smallest absolute Gasteiger partial charge is 0.241 e. The molecule has 5 nitrogen and oxygen atoms in total. The molecule has 2 aromatic carbocycles. The molecule has 6 heteroatoms. The van der Waals surface area contributed by atoms with Crippen molar-refractivity contribution in [3.63, 3.8) is 0 Å². The molecule has 136 valence electrons. The molecule has 0 unspecified atom stereocenters. The zero-order chi connectivity index (χ0) is 18.6. The van der Waals surface area contributed by atoms with Gasteiger partial charge in [-0.2, -0.15) is 0 Å². The van der Waals surface area contributed by atoms with Gasteiger partial charge in [0.1, 0.15) is 11.5 Å². The molecular weight excluding hydrogens is 338 g/mol. The van der Waals surface area contributed by atoms with Crippen LogP contribution < -0.4 is 14.2 Å². The van der Waals surface area contributed by atoms with Crippen LogP contribution in [0.25, 0.3) is 0 Å². The molecule has 0 amide bonds. The van der Waals surface area contributed by atoms with Gasteiger partial charge in [0, 0.05) is 12.1 Å². The lowest BCUT2D eigenvalue weighted by atomic mass is 10.0. The Balaban J connectivity index is 2.35. The van der Waals surface area contributed by atoms with Crippen LogP contribution in [0.5, 0.6) is 11.5 Å². The van der Waals surface area contributed by atoms with E-state index in [1.54, 1.807) is 39.3 Å². The highest BCUT2D eigenvalue weighted by molar-refractivity contribution is 7.89. The van der Waals surface area contributed by atoms with Gasteiger partial charge >= 0.3 is 0 Å². The van der Waals surface area contributed by atoms with Crippen LogP contribution >= 0.6 is 0 Å². The van der Waals surface area contributed by atoms with Crippen LogP contribution in [0.2, 0.25) is 0 Å². The van der Waals surface area contributed by atoms with Crippen LogP contribution in [0.15, 0.2) is 41.3 Å². The van der Waals surface area contributed by atoms with Crippen molar-refractivity contribution in [3.8, 4) is 11.5 Å². The van der Waals surface area contributed by atoms with Gasteiger partial charge in [0.25, 0.3) is 0 Å². The standard InChI is InChI=1S/C19H25NO4S/c1-13(2)16-11-19(14(3)10-18(16)24-5)25(21,22)20-12-15-8-6-7-9-17(15)23-4/h6-11,13,20H,12H2,1-5H3. The van der Waals surface area contributed by atoms with Crippen molar-refractivity contribution in [1.29, 1.82) is 0 Å². The molecule has 0 saturated heterocycles. The molecule has 2 rings (SSSR count). The van der Waals surface area contributed by atoms with Crippen LogP contribution in [0, 0.1) is 6.92 Å². The van der Waals surface area contributed by atoms with E-state index in [0.29, 0.717) is 17.1 Å². The summed E-state index contributed by atoms with van der Waals surface area (Å²) in [6.45, 7) is 5.94. The van der Waals surface area contributed by atoms with E-state index in [1.807, 2.05) is 32.0 Å². The number of aryl methyl sites for hydroxylation is 1. The van der Waals surface area contributed by atoms with E-state index in [-0.39, 0.29) is 17.4 Å². The number of benzene rings is 2. The Morgan fingerprint density at radius 3 is 2.28 bits per heavy atom. The number of nitrogens with one attached hydrogen (secondary N) is 1. The fourth-order valence-corrected chi connectivity index (χ4v) is 3.96. The number of methoxy groups -OCH3 is 2. The molecule has 1 N–H and O–H groups in total. The third-order valence-corrected chi connectivity index (χ3v) is 5.63. The van der Waals surface area contributed by atoms with Crippen molar-refractivity contribution in [2.75, 3.05) is 14.2 Å². The summed E-state index contributed by atoms with van der Waals surface area (Å²) in [5.41, 5.74) is 2.29. The van der Waals surface area contributed by atoms with Gasteiger partial charge in [-0.15, -0.1) is 0 Å². The Kier molecular flexibility index (Phi) is 6.08. The first-order chi connectivity index (χ1) is 11.8. The van der Waals surface area contributed by atoms with Gasteiger partial charge in [-0.25, -0.2) is 13.1 Å². The first-order valence-electron chi connectivity index (χ1n) is 8.10. The molecule has 0 aliphatic rings. The summed E-state index contributed by atoms with van der Waals surface area (Å²) in [5, 5.41) is 0. The second-order valence-corrected chi connectivity index (χ2v) is 7.89. The van der Waals surface area contributed by atoms with Crippen molar-refractivity contribution in [2.45, 2.75) is 38.1 Å². The van der Waals surface area contributed by atoms with E-state index < -0.39 is 10.0 Å². The van der Waals surface area contributed by atoms with Crippen LogP contribution in [0.4, 0.5) is 0 Å². The molecule has 0 atom stereocenters. The lowest BCUT2D eigenvalue weighted by Gasteiger charge is -2.17. The van der Waals surface area contributed by atoms with Gasteiger partial charge in [0.15, 0.2) is 0 Å². The molecule has 0 radical (unpaired) electrons. The second-order valence-electron chi connectivity index (χ2n) is 6.15. The summed E-state index contributed by atoms with van der Waals surface area (Å²) in [4.78, 5) is 0.270. The Bertz CT molecular complexity index is 844. The van der Waals surface area contributed by atoms with Crippen molar-refractivity contribution in [2.24, 2.45) is 0 Å². The predicted octanol–water partition coefficient (Wildman–Crippen LogP) is 3.61. The van der Waals surface area contributed by atoms with Crippen molar-refractivity contribution < 1.29 is 17.9 Å². The number of rotatable bonds is 7. The highest BCUT2D eigenvalue weighted by atomic mass is 32.2. The van der Waals surface area contributed by atoms with E-state index >= 15 is 0 Å². The van der Waals surface area contributed by atoms with E-state index in [0.717, 1.165) is 11.1 Å². The number of sulfonamides is 1. The fourth-order valence-electron chi connectivity index (χ4n) is 2.69. The number of ether oxygens (including phenoxy) is 2. The van der Waals surface area contributed by atoms with Crippen LogP contribution in [-0.4, -0.2) is 22.6 Å². The maximum Gasteiger partial charge on any atom is 0.241 e. The third-order valence-electron chi connectivity index (χ3n) is 4.08. The summed E-state index contributed by atoms with van der Waals surface area (Å²) in [5.74, 6) is 1.51. The van der Waals surface area contributed by atoms with E-state index in [9.17, 15) is 8.42 Å². The molecule has 0 spiro atoms. The normalized spacial score (nSPS) is 11.6. The molecule has 0 bridgehead atoms.